The molecule has 1 aliphatic heterocycles. The fraction of sp³-hybridized carbons (Fsp3) is 0.538. The predicted octanol–water partition coefficient (Wildman–Crippen LogP) is 2.36. The third-order valence-electron chi connectivity index (χ3n) is 3.29. The first kappa shape index (κ1) is 13.0. The number of nitrogens with one attached hydrogen (secondary N) is 1. The Bertz CT molecular complexity index is 431. The number of benzene rings is 1. The molecule has 2 rings (SSSR count). The highest BCUT2D eigenvalue weighted by Crippen LogP contribution is 2.44. The van der Waals surface area contributed by atoms with Gasteiger partial charge in [0.25, 0.3) is 0 Å². The van der Waals surface area contributed by atoms with Crippen molar-refractivity contribution in [3.05, 3.63) is 17.4 Å². The molecule has 0 aliphatic carbocycles. The van der Waals surface area contributed by atoms with Crippen LogP contribution in [0, 0.1) is 5.82 Å². The Labute approximate surface area is 106 Å². The lowest BCUT2D eigenvalue weighted by Gasteiger charge is -2.26. The van der Waals surface area contributed by atoms with Crippen LogP contribution in [0.3, 0.4) is 0 Å². The van der Waals surface area contributed by atoms with Gasteiger partial charge in [0, 0.05) is 12.1 Å². The standard InChI is InChI=1S/C13H18FNO3/c1-17-10-7-8(14)12(16)11(13(10)18-2)9-5-3-4-6-15-9/h7,9,15-16H,3-6H2,1-2H3. The number of rotatable bonds is 3. The lowest BCUT2D eigenvalue weighted by molar-refractivity contribution is 0.320. The molecule has 1 fully saturated rings. The fourth-order valence-electron chi connectivity index (χ4n) is 2.40. The van der Waals surface area contributed by atoms with Crippen LogP contribution in [-0.4, -0.2) is 25.9 Å². The number of ether oxygens (including phenoxy) is 2. The van der Waals surface area contributed by atoms with Crippen molar-refractivity contribution in [2.45, 2.75) is 25.3 Å². The van der Waals surface area contributed by atoms with Gasteiger partial charge in [0.05, 0.1) is 19.8 Å². The van der Waals surface area contributed by atoms with Crippen molar-refractivity contribution in [1.29, 1.82) is 0 Å². The molecular weight excluding hydrogens is 237 g/mol. The molecule has 0 spiro atoms. The summed E-state index contributed by atoms with van der Waals surface area (Å²) in [6.07, 6.45) is 2.97. The lowest BCUT2D eigenvalue weighted by Crippen LogP contribution is -2.27. The molecule has 1 aliphatic rings. The summed E-state index contributed by atoms with van der Waals surface area (Å²) in [7, 11) is 2.94. The van der Waals surface area contributed by atoms with Gasteiger partial charge < -0.3 is 19.9 Å². The summed E-state index contributed by atoms with van der Waals surface area (Å²) in [6.45, 7) is 0.853. The van der Waals surface area contributed by atoms with Crippen molar-refractivity contribution in [2.24, 2.45) is 0 Å². The highest BCUT2D eigenvalue weighted by molar-refractivity contribution is 5.55. The van der Waals surface area contributed by atoms with E-state index in [-0.39, 0.29) is 11.8 Å². The van der Waals surface area contributed by atoms with Crippen LogP contribution in [0.5, 0.6) is 17.2 Å². The Kier molecular flexibility index (Phi) is 3.91. The molecule has 5 heteroatoms. The van der Waals surface area contributed by atoms with Crippen molar-refractivity contribution >= 4 is 0 Å². The van der Waals surface area contributed by atoms with Crippen LogP contribution in [-0.2, 0) is 0 Å². The first-order valence-corrected chi connectivity index (χ1v) is 6.05. The third kappa shape index (κ3) is 2.22. The number of phenolic OH excluding ortho intramolecular Hbond substituents is 1. The Morgan fingerprint density at radius 1 is 1.33 bits per heavy atom. The summed E-state index contributed by atoms with van der Waals surface area (Å²) in [5, 5.41) is 13.2. The summed E-state index contributed by atoms with van der Waals surface area (Å²) in [6, 6.07) is 1.04. The Morgan fingerprint density at radius 2 is 2.11 bits per heavy atom. The average molecular weight is 255 g/mol. The molecule has 0 amide bonds. The topological polar surface area (TPSA) is 50.7 Å². The van der Waals surface area contributed by atoms with E-state index in [0.717, 1.165) is 31.9 Å². The van der Waals surface area contributed by atoms with Crippen LogP contribution in [0.2, 0.25) is 0 Å². The number of aromatic hydroxyl groups is 1. The minimum absolute atomic E-state index is 0.0988. The maximum Gasteiger partial charge on any atom is 0.169 e. The third-order valence-corrected chi connectivity index (χ3v) is 3.29. The van der Waals surface area contributed by atoms with E-state index in [1.807, 2.05) is 0 Å². The Balaban J connectivity index is 2.51. The van der Waals surface area contributed by atoms with E-state index in [4.69, 9.17) is 9.47 Å². The van der Waals surface area contributed by atoms with Gasteiger partial charge in [-0.05, 0) is 19.4 Å². The summed E-state index contributed by atoms with van der Waals surface area (Å²) >= 11 is 0. The van der Waals surface area contributed by atoms with E-state index in [0.29, 0.717) is 17.1 Å². The molecule has 1 saturated heterocycles. The zero-order valence-electron chi connectivity index (χ0n) is 10.6. The fourth-order valence-corrected chi connectivity index (χ4v) is 2.40. The van der Waals surface area contributed by atoms with Crippen LogP contribution in [0.4, 0.5) is 4.39 Å². The molecule has 0 aromatic heterocycles. The zero-order chi connectivity index (χ0) is 13.1. The van der Waals surface area contributed by atoms with Gasteiger partial charge in [-0.1, -0.05) is 6.42 Å². The van der Waals surface area contributed by atoms with E-state index < -0.39 is 5.82 Å². The summed E-state index contributed by atoms with van der Waals surface area (Å²) < 4.78 is 24.0. The number of phenols is 1. The lowest BCUT2D eigenvalue weighted by atomic mass is 9.95. The van der Waals surface area contributed by atoms with Crippen LogP contribution in [0.15, 0.2) is 6.07 Å². The molecule has 0 saturated carbocycles. The molecule has 0 bridgehead atoms. The quantitative estimate of drug-likeness (QED) is 0.870. The van der Waals surface area contributed by atoms with Crippen molar-refractivity contribution in [2.75, 3.05) is 20.8 Å². The van der Waals surface area contributed by atoms with E-state index in [9.17, 15) is 9.50 Å². The minimum Gasteiger partial charge on any atom is -0.504 e. The van der Waals surface area contributed by atoms with Crippen molar-refractivity contribution in [3.8, 4) is 17.2 Å². The average Bonchev–Trinajstić information content (AvgIpc) is 2.42. The Morgan fingerprint density at radius 3 is 2.67 bits per heavy atom. The molecule has 4 nitrogen and oxygen atoms in total. The largest absolute Gasteiger partial charge is 0.504 e. The number of methoxy groups -OCH3 is 2. The van der Waals surface area contributed by atoms with Gasteiger partial charge >= 0.3 is 0 Å². The second-order valence-electron chi connectivity index (χ2n) is 4.36. The molecule has 18 heavy (non-hydrogen) atoms. The number of halogens is 1. The molecule has 1 aromatic carbocycles. The van der Waals surface area contributed by atoms with Crippen molar-refractivity contribution in [1.82, 2.24) is 5.32 Å². The second kappa shape index (κ2) is 5.44. The zero-order valence-corrected chi connectivity index (χ0v) is 10.6. The van der Waals surface area contributed by atoms with Gasteiger partial charge in [-0.2, -0.15) is 0 Å². The predicted molar refractivity (Wildman–Crippen MR) is 65.8 cm³/mol. The van der Waals surface area contributed by atoms with Crippen molar-refractivity contribution < 1.29 is 19.0 Å². The SMILES string of the molecule is COc1cc(F)c(O)c(C2CCCCN2)c1OC. The van der Waals surface area contributed by atoms with Crippen LogP contribution in [0.1, 0.15) is 30.9 Å². The van der Waals surface area contributed by atoms with Gasteiger partial charge in [-0.15, -0.1) is 0 Å². The first-order valence-electron chi connectivity index (χ1n) is 6.05. The molecule has 1 aromatic rings. The molecule has 1 atom stereocenters. The molecular formula is C13H18FNO3. The Hall–Kier alpha value is -1.49. The number of piperidine rings is 1. The molecule has 0 radical (unpaired) electrons. The molecule has 1 unspecified atom stereocenters. The van der Waals surface area contributed by atoms with E-state index in [2.05, 4.69) is 5.32 Å². The molecule has 2 N–H and O–H groups in total. The highest BCUT2D eigenvalue weighted by Gasteiger charge is 2.27. The normalized spacial score (nSPS) is 19.6. The van der Waals surface area contributed by atoms with Gasteiger partial charge in [0.15, 0.2) is 23.1 Å². The monoisotopic (exact) mass is 255 g/mol. The summed E-state index contributed by atoms with van der Waals surface area (Å²) in [5.41, 5.74) is 0.453. The number of hydrogen-bond donors (Lipinski definition) is 2. The van der Waals surface area contributed by atoms with Gasteiger partial charge in [-0.25, -0.2) is 4.39 Å². The first-order chi connectivity index (χ1) is 8.69. The maximum atomic E-state index is 13.7. The van der Waals surface area contributed by atoms with Crippen LogP contribution < -0.4 is 14.8 Å². The maximum absolute atomic E-state index is 13.7. The summed E-state index contributed by atoms with van der Waals surface area (Å²) in [4.78, 5) is 0. The smallest absolute Gasteiger partial charge is 0.169 e. The second-order valence-corrected chi connectivity index (χ2v) is 4.36. The van der Waals surface area contributed by atoms with Crippen LogP contribution >= 0.6 is 0 Å². The van der Waals surface area contributed by atoms with Crippen molar-refractivity contribution in [3.63, 3.8) is 0 Å². The van der Waals surface area contributed by atoms with Gasteiger partial charge in [0.1, 0.15) is 0 Å². The van der Waals surface area contributed by atoms with E-state index in [1.54, 1.807) is 0 Å². The minimum atomic E-state index is -0.685. The molecule has 1 heterocycles. The highest BCUT2D eigenvalue weighted by atomic mass is 19.1. The number of hydrogen-bond acceptors (Lipinski definition) is 4. The molecule has 100 valence electrons. The van der Waals surface area contributed by atoms with Crippen LogP contribution in [0.25, 0.3) is 0 Å². The van der Waals surface area contributed by atoms with Gasteiger partial charge in [-0.3, -0.25) is 0 Å². The van der Waals surface area contributed by atoms with Gasteiger partial charge in [0.2, 0.25) is 0 Å². The van der Waals surface area contributed by atoms with E-state index in [1.165, 1.54) is 14.2 Å². The van der Waals surface area contributed by atoms with E-state index >= 15 is 0 Å². The summed E-state index contributed by atoms with van der Waals surface area (Å²) in [5.74, 6) is -0.340.